The maximum absolute atomic E-state index is 3.58. The molecule has 0 saturated heterocycles. The maximum Gasteiger partial charge on any atom is 0.0622 e. The van der Waals surface area contributed by atoms with Gasteiger partial charge in [0, 0.05) is 24.0 Å². The second kappa shape index (κ2) is 7.71. The van der Waals surface area contributed by atoms with Gasteiger partial charge in [0.1, 0.15) is 0 Å². The number of hydrogen-bond donors (Lipinski definition) is 1. The minimum absolute atomic E-state index is 0. The van der Waals surface area contributed by atoms with Gasteiger partial charge in [0.2, 0.25) is 0 Å². The molecular weight excluding hydrogens is 300 g/mol. The highest BCUT2D eigenvalue weighted by atomic mass is 35.5. The molecule has 3 rings (SSSR count). The number of benzene rings is 1. The number of hydrogen-bond acceptors (Lipinski definition) is 3. The van der Waals surface area contributed by atoms with E-state index in [1.54, 1.807) is 11.3 Å². The van der Waals surface area contributed by atoms with Crippen LogP contribution in [0.1, 0.15) is 38.2 Å². The van der Waals surface area contributed by atoms with Gasteiger partial charge in [-0.25, -0.2) is 0 Å². The van der Waals surface area contributed by atoms with E-state index in [1.165, 1.54) is 48.3 Å². The molecule has 1 N–H and O–H groups in total. The molecular formula is C17H23ClN2S. The zero-order valence-electron chi connectivity index (χ0n) is 12.5. The second-order valence-electron chi connectivity index (χ2n) is 5.44. The predicted molar refractivity (Wildman–Crippen MR) is 96.5 cm³/mol. The largest absolute Gasteiger partial charge is 0.365 e. The summed E-state index contributed by atoms with van der Waals surface area (Å²) in [6.45, 7) is 4.44. The van der Waals surface area contributed by atoms with E-state index in [9.17, 15) is 0 Å². The fourth-order valence-electron chi connectivity index (χ4n) is 2.78. The molecule has 1 aromatic carbocycles. The number of nitrogens with one attached hydrogen (secondary N) is 1. The van der Waals surface area contributed by atoms with Crippen LogP contribution < -0.4 is 10.2 Å². The van der Waals surface area contributed by atoms with Crippen molar-refractivity contribution in [3.63, 3.8) is 0 Å². The Balaban J connectivity index is 0.00000161. The Morgan fingerprint density at radius 3 is 2.81 bits per heavy atom. The molecule has 4 heteroatoms. The van der Waals surface area contributed by atoms with Crippen LogP contribution in [-0.4, -0.2) is 6.54 Å². The van der Waals surface area contributed by atoms with Crippen molar-refractivity contribution in [1.29, 1.82) is 0 Å². The second-order valence-corrected chi connectivity index (χ2v) is 6.18. The van der Waals surface area contributed by atoms with Crippen LogP contribution in [0, 0.1) is 0 Å². The van der Waals surface area contributed by atoms with Crippen LogP contribution in [0.5, 0.6) is 0 Å². The Bertz CT molecular complexity index is 567. The van der Waals surface area contributed by atoms with Crippen molar-refractivity contribution in [3.05, 3.63) is 40.6 Å². The molecule has 2 nitrogen and oxygen atoms in total. The molecule has 0 unspecified atom stereocenters. The van der Waals surface area contributed by atoms with E-state index in [4.69, 9.17) is 0 Å². The zero-order chi connectivity index (χ0) is 13.8. The van der Waals surface area contributed by atoms with Gasteiger partial charge in [-0.3, -0.25) is 0 Å². The molecule has 0 aliphatic carbocycles. The van der Waals surface area contributed by atoms with Crippen LogP contribution in [0.4, 0.5) is 17.1 Å². The zero-order valence-corrected chi connectivity index (χ0v) is 14.1. The van der Waals surface area contributed by atoms with Crippen molar-refractivity contribution in [3.8, 4) is 0 Å². The van der Waals surface area contributed by atoms with Gasteiger partial charge in [-0.05, 0) is 23.9 Å². The van der Waals surface area contributed by atoms with E-state index in [2.05, 4.69) is 52.2 Å². The fourth-order valence-corrected chi connectivity index (χ4v) is 3.56. The van der Waals surface area contributed by atoms with Gasteiger partial charge >= 0.3 is 0 Å². The van der Waals surface area contributed by atoms with Crippen LogP contribution in [0.2, 0.25) is 0 Å². The monoisotopic (exact) mass is 322 g/mol. The third-order valence-electron chi connectivity index (χ3n) is 3.90. The van der Waals surface area contributed by atoms with Crippen LogP contribution in [0.3, 0.4) is 0 Å². The van der Waals surface area contributed by atoms with Crippen molar-refractivity contribution in [2.24, 2.45) is 0 Å². The summed E-state index contributed by atoms with van der Waals surface area (Å²) in [4.78, 5) is 2.52. The third kappa shape index (κ3) is 3.72. The fraction of sp³-hybridized carbons (Fsp3) is 0.412. The lowest BCUT2D eigenvalue weighted by Crippen LogP contribution is -2.23. The summed E-state index contributed by atoms with van der Waals surface area (Å²) in [6.07, 6.45) is 5.25. The van der Waals surface area contributed by atoms with Crippen molar-refractivity contribution in [2.75, 3.05) is 16.8 Å². The summed E-state index contributed by atoms with van der Waals surface area (Å²) >= 11 is 1.78. The van der Waals surface area contributed by atoms with Crippen LogP contribution >= 0.6 is 23.7 Å². The van der Waals surface area contributed by atoms with Crippen LogP contribution in [0.15, 0.2) is 35.0 Å². The first-order valence-electron chi connectivity index (χ1n) is 7.54. The number of unbranched alkanes of at least 4 members (excludes halogenated alkanes) is 3. The van der Waals surface area contributed by atoms with Gasteiger partial charge in [-0.15, -0.1) is 23.7 Å². The molecule has 0 spiro atoms. The van der Waals surface area contributed by atoms with Crippen molar-refractivity contribution in [1.82, 2.24) is 0 Å². The molecule has 1 aliphatic rings. The lowest BCUT2D eigenvalue weighted by molar-refractivity contribution is 0.644. The van der Waals surface area contributed by atoms with Crippen LogP contribution in [0.25, 0.3) is 0 Å². The summed E-state index contributed by atoms with van der Waals surface area (Å²) in [5.74, 6) is 0. The van der Waals surface area contributed by atoms with E-state index < -0.39 is 0 Å². The first kappa shape index (κ1) is 16.2. The summed E-state index contributed by atoms with van der Waals surface area (Å²) < 4.78 is 0. The number of anilines is 3. The average Bonchev–Trinajstić information content (AvgIpc) is 2.84. The van der Waals surface area contributed by atoms with Crippen molar-refractivity contribution in [2.45, 2.75) is 39.2 Å². The Morgan fingerprint density at radius 1 is 1.10 bits per heavy atom. The number of fused-ring (bicyclic) bond motifs is 2. The van der Waals surface area contributed by atoms with Gasteiger partial charge in [0.05, 0.1) is 17.1 Å². The Kier molecular flexibility index (Phi) is 5.95. The first-order valence-corrected chi connectivity index (χ1v) is 8.49. The van der Waals surface area contributed by atoms with Gasteiger partial charge in [-0.2, -0.15) is 0 Å². The topological polar surface area (TPSA) is 15.3 Å². The van der Waals surface area contributed by atoms with Crippen LogP contribution in [-0.2, 0) is 6.54 Å². The molecule has 0 bridgehead atoms. The quantitative estimate of drug-likeness (QED) is 0.698. The van der Waals surface area contributed by atoms with Gasteiger partial charge < -0.3 is 10.2 Å². The Labute approximate surface area is 137 Å². The summed E-state index contributed by atoms with van der Waals surface area (Å²) in [5.41, 5.74) is 5.27. The molecule has 0 amide bonds. The SMILES string of the molecule is CCCCCCN1Cc2cscc2Nc2ccccc21.Cl. The maximum atomic E-state index is 3.58. The number of para-hydroxylation sites is 2. The Hall–Kier alpha value is -1.19. The molecule has 0 radical (unpaired) electrons. The highest BCUT2D eigenvalue weighted by Gasteiger charge is 2.18. The molecule has 0 saturated carbocycles. The van der Waals surface area contributed by atoms with E-state index in [-0.39, 0.29) is 12.4 Å². The van der Waals surface area contributed by atoms with Gasteiger partial charge in [0.15, 0.2) is 0 Å². The van der Waals surface area contributed by atoms with E-state index in [1.807, 2.05) is 0 Å². The third-order valence-corrected chi connectivity index (χ3v) is 4.69. The Morgan fingerprint density at radius 2 is 1.95 bits per heavy atom. The molecule has 2 heterocycles. The van der Waals surface area contributed by atoms with E-state index >= 15 is 0 Å². The van der Waals surface area contributed by atoms with Gasteiger partial charge in [0.25, 0.3) is 0 Å². The lowest BCUT2D eigenvalue weighted by Gasteiger charge is -2.24. The first-order chi connectivity index (χ1) is 9.88. The van der Waals surface area contributed by atoms with E-state index in [0.29, 0.717) is 0 Å². The predicted octanol–water partition coefficient (Wildman–Crippen LogP) is 5.81. The van der Waals surface area contributed by atoms with Gasteiger partial charge in [-0.1, -0.05) is 38.3 Å². The molecule has 1 aromatic heterocycles. The van der Waals surface area contributed by atoms with Crippen molar-refractivity contribution < 1.29 is 0 Å². The summed E-state index contributed by atoms with van der Waals surface area (Å²) in [6, 6.07) is 8.66. The lowest BCUT2D eigenvalue weighted by atomic mass is 10.1. The molecule has 0 atom stereocenters. The summed E-state index contributed by atoms with van der Waals surface area (Å²) in [7, 11) is 0. The normalized spacial score (nSPS) is 12.7. The van der Waals surface area contributed by atoms with E-state index in [0.717, 1.165) is 13.1 Å². The average molecular weight is 323 g/mol. The minimum atomic E-state index is 0. The number of halogens is 1. The number of rotatable bonds is 5. The van der Waals surface area contributed by atoms with Crippen molar-refractivity contribution >= 4 is 40.8 Å². The summed E-state index contributed by atoms with van der Waals surface area (Å²) in [5, 5.41) is 8.07. The molecule has 1 aliphatic heterocycles. The molecule has 2 aromatic rings. The minimum Gasteiger partial charge on any atom is -0.365 e. The smallest absolute Gasteiger partial charge is 0.0622 e. The molecule has 21 heavy (non-hydrogen) atoms. The molecule has 114 valence electrons. The number of nitrogens with zero attached hydrogens (tertiary/aromatic N) is 1. The molecule has 0 fully saturated rings. The highest BCUT2D eigenvalue weighted by molar-refractivity contribution is 7.08. The number of thiophene rings is 1. The standard InChI is InChI=1S/C17H22N2S.ClH/c1-2-3-4-7-10-19-11-14-12-20-13-16(14)18-15-8-5-6-9-17(15)19;/h5-6,8-9,12-13,18H,2-4,7,10-11H2,1H3;1H. The highest BCUT2D eigenvalue weighted by Crippen LogP contribution is 2.37.